The van der Waals surface area contributed by atoms with Crippen LogP contribution in [0, 0.1) is 6.92 Å². The molecule has 0 unspecified atom stereocenters. The van der Waals surface area contributed by atoms with Gasteiger partial charge in [0.15, 0.2) is 5.76 Å². The Labute approximate surface area is 217 Å². The summed E-state index contributed by atoms with van der Waals surface area (Å²) in [5.74, 6) is 0.841. The molecule has 0 radical (unpaired) electrons. The molecule has 1 saturated carbocycles. The number of carboxylic acids is 1. The average Bonchev–Trinajstić information content (AvgIpc) is 3.53. The van der Waals surface area contributed by atoms with E-state index in [1.54, 1.807) is 30.3 Å². The number of ether oxygens (including phenoxy) is 2. The van der Waals surface area contributed by atoms with Crippen LogP contribution in [-0.2, 0) is 25.0 Å². The van der Waals surface area contributed by atoms with E-state index in [0.29, 0.717) is 70.8 Å². The van der Waals surface area contributed by atoms with Gasteiger partial charge in [0.05, 0.1) is 21.8 Å². The van der Waals surface area contributed by atoms with Crippen molar-refractivity contribution in [2.24, 2.45) is 0 Å². The zero-order valence-electron chi connectivity index (χ0n) is 20.0. The maximum absolute atomic E-state index is 11.4. The fourth-order valence-corrected chi connectivity index (χ4v) is 4.92. The first-order valence-corrected chi connectivity index (χ1v) is 12.3. The van der Waals surface area contributed by atoms with Gasteiger partial charge >= 0.3 is 5.97 Å². The second-order valence-corrected chi connectivity index (χ2v) is 9.82. The molecule has 1 fully saturated rings. The summed E-state index contributed by atoms with van der Waals surface area (Å²) in [5.41, 5.74) is 3.59. The van der Waals surface area contributed by atoms with Gasteiger partial charge in [0, 0.05) is 11.6 Å². The predicted octanol–water partition coefficient (Wildman–Crippen LogP) is 5.85. The van der Waals surface area contributed by atoms with Crippen LogP contribution in [0.2, 0.25) is 5.02 Å². The van der Waals surface area contributed by atoms with Crippen molar-refractivity contribution in [3.05, 3.63) is 87.3 Å². The van der Waals surface area contributed by atoms with Crippen LogP contribution < -0.4 is 9.47 Å². The fraction of sp³-hybridized carbons (Fsp3) is 0.250. The van der Waals surface area contributed by atoms with Crippen LogP contribution in [0.25, 0.3) is 11.3 Å². The third kappa shape index (κ3) is 4.32. The molecule has 1 aliphatic carbocycles. The minimum absolute atomic E-state index is 0.0793. The summed E-state index contributed by atoms with van der Waals surface area (Å²) in [7, 11) is 0. The molecule has 188 valence electrons. The Balaban J connectivity index is 1.29. The summed E-state index contributed by atoms with van der Waals surface area (Å²) in [5, 5.41) is 24.9. The molecule has 0 spiro atoms. The highest BCUT2D eigenvalue weighted by Crippen LogP contribution is 2.49. The molecule has 2 aliphatic rings. The van der Waals surface area contributed by atoms with Crippen molar-refractivity contribution in [1.82, 2.24) is 10.1 Å². The molecule has 1 aliphatic heterocycles. The number of rotatable bonds is 6. The highest BCUT2D eigenvalue weighted by atomic mass is 35.5. The van der Waals surface area contributed by atoms with Gasteiger partial charge in [-0.3, -0.25) is 0 Å². The van der Waals surface area contributed by atoms with E-state index in [4.69, 9.17) is 25.6 Å². The van der Waals surface area contributed by atoms with Gasteiger partial charge in [0.25, 0.3) is 0 Å². The fourth-order valence-electron chi connectivity index (χ4n) is 4.61. The lowest BCUT2D eigenvalue weighted by molar-refractivity contribution is 0.0696. The Morgan fingerprint density at radius 1 is 1.14 bits per heavy atom. The Hall–Kier alpha value is -3.88. The van der Waals surface area contributed by atoms with E-state index in [-0.39, 0.29) is 12.2 Å². The molecule has 2 aromatic heterocycles. The summed E-state index contributed by atoms with van der Waals surface area (Å²) in [6.07, 6.45) is 2.44. The van der Waals surface area contributed by atoms with E-state index in [0.717, 1.165) is 16.7 Å². The van der Waals surface area contributed by atoms with E-state index >= 15 is 0 Å². The van der Waals surface area contributed by atoms with E-state index in [1.807, 2.05) is 19.1 Å². The number of halogens is 1. The average molecular weight is 519 g/mol. The third-order valence-corrected chi connectivity index (χ3v) is 7.14. The van der Waals surface area contributed by atoms with Gasteiger partial charge in [-0.15, -0.1) is 0 Å². The van der Waals surface area contributed by atoms with Gasteiger partial charge < -0.3 is 24.2 Å². The van der Waals surface area contributed by atoms with Crippen molar-refractivity contribution in [3.8, 4) is 28.6 Å². The first-order chi connectivity index (χ1) is 17.8. The zero-order valence-corrected chi connectivity index (χ0v) is 20.7. The van der Waals surface area contributed by atoms with Crippen LogP contribution in [-0.4, -0.2) is 26.3 Å². The predicted molar refractivity (Wildman–Crippen MR) is 134 cm³/mol. The summed E-state index contributed by atoms with van der Waals surface area (Å²) in [6, 6.07) is 14.0. The lowest BCUT2D eigenvalue weighted by atomic mass is 10.00. The summed E-state index contributed by atoms with van der Waals surface area (Å²) < 4.78 is 17.7. The van der Waals surface area contributed by atoms with Crippen LogP contribution in [0.3, 0.4) is 0 Å². The van der Waals surface area contributed by atoms with Crippen molar-refractivity contribution in [2.45, 2.75) is 44.8 Å². The number of pyridine rings is 1. The van der Waals surface area contributed by atoms with Crippen LogP contribution in [0.1, 0.15) is 51.3 Å². The van der Waals surface area contributed by atoms with Gasteiger partial charge in [-0.25, -0.2) is 9.78 Å². The summed E-state index contributed by atoms with van der Waals surface area (Å²) in [4.78, 5) is 16.0. The number of nitrogens with zero attached hydrogens (tertiary/aromatic N) is 2. The lowest BCUT2D eigenvalue weighted by Crippen LogP contribution is -2.09. The number of aromatic nitrogens is 2. The number of aromatic carboxylic acids is 1. The van der Waals surface area contributed by atoms with E-state index in [9.17, 15) is 15.0 Å². The molecule has 9 heteroatoms. The highest BCUT2D eigenvalue weighted by Gasteiger charge is 2.48. The number of hydrogen-bond acceptors (Lipinski definition) is 7. The molecule has 2 N–H and O–H groups in total. The van der Waals surface area contributed by atoms with E-state index in [1.165, 1.54) is 6.07 Å². The molecule has 2 aromatic carbocycles. The standard InChI is InChI=1S/C28H23ClN2O6/c1-15-3-2-4-19(29)24(15)25-18(26(37-31-25)28(34)11-12-28)14-35-23-10-9-21-20(30-23)8-7-16-5-6-17(27(32)33)13-22(16)36-21/h2-6,9-10,13,34H,7-8,11-12,14H2,1H3,(H,32,33). The van der Waals surface area contributed by atoms with Gasteiger partial charge in [0.2, 0.25) is 5.88 Å². The molecule has 3 heterocycles. The first-order valence-electron chi connectivity index (χ1n) is 12.0. The lowest BCUT2D eigenvalue weighted by Gasteiger charge is -2.13. The topological polar surface area (TPSA) is 115 Å². The molecule has 0 atom stereocenters. The first kappa shape index (κ1) is 23.5. The van der Waals surface area contributed by atoms with Crippen molar-refractivity contribution in [2.75, 3.05) is 0 Å². The monoisotopic (exact) mass is 518 g/mol. The van der Waals surface area contributed by atoms with Crippen LogP contribution in [0.15, 0.2) is 53.1 Å². The minimum atomic E-state index is -1.05. The Kier molecular flexibility index (Phi) is 5.66. The van der Waals surface area contributed by atoms with Crippen molar-refractivity contribution < 1.29 is 29.0 Å². The number of carbonyl (C=O) groups is 1. The Morgan fingerprint density at radius 2 is 1.97 bits per heavy atom. The maximum atomic E-state index is 11.4. The number of carboxylic acid groups (broad SMARTS) is 1. The summed E-state index contributed by atoms with van der Waals surface area (Å²) >= 11 is 6.51. The van der Waals surface area contributed by atoms with E-state index in [2.05, 4.69) is 10.1 Å². The van der Waals surface area contributed by atoms with Crippen molar-refractivity contribution in [1.29, 1.82) is 0 Å². The molecule has 37 heavy (non-hydrogen) atoms. The van der Waals surface area contributed by atoms with Crippen molar-refractivity contribution in [3.63, 3.8) is 0 Å². The van der Waals surface area contributed by atoms with Gasteiger partial charge in [-0.2, -0.15) is 0 Å². The van der Waals surface area contributed by atoms with Crippen LogP contribution in [0.4, 0.5) is 0 Å². The molecular formula is C28H23ClN2O6. The quantitative estimate of drug-likeness (QED) is 0.327. The molecular weight excluding hydrogens is 496 g/mol. The molecule has 8 nitrogen and oxygen atoms in total. The van der Waals surface area contributed by atoms with Gasteiger partial charge in [0.1, 0.15) is 29.4 Å². The molecule has 0 saturated heterocycles. The van der Waals surface area contributed by atoms with Gasteiger partial charge in [-0.05, 0) is 68.0 Å². The molecule has 0 bridgehead atoms. The number of fused-ring (bicyclic) bond motifs is 2. The summed E-state index contributed by atoms with van der Waals surface area (Å²) in [6.45, 7) is 2.02. The smallest absolute Gasteiger partial charge is 0.335 e. The number of aryl methyl sites for hydroxylation is 3. The number of aliphatic hydroxyl groups is 1. The number of hydrogen-bond donors (Lipinski definition) is 2. The molecule has 0 amide bonds. The Morgan fingerprint density at radius 3 is 2.73 bits per heavy atom. The van der Waals surface area contributed by atoms with Gasteiger partial charge in [-0.1, -0.05) is 35.0 Å². The minimum Gasteiger partial charge on any atom is -0.478 e. The van der Waals surface area contributed by atoms with Crippen molar-refractivity contribution >= 4 is 17.6 Å². The highest BCUT2D eigenvalue weighted by molar-refractivity contribution is 6.33. The normalized spacial score (nSPS) is 15.2. The molecule has 4 aromatic rings. The second kappa shape index (κ2) is 8.90. The second-order valence-electron chi connectivity index (χ2n) is 9.41. The number of benzene rings is 2. The van der Waals surface area contributed by atoms with Crippen LogP contribution >= 0.6 is 11.6 Å². The largest absolute Gasteiger partial charge is 0.478 e. The maximum Gasteiger partial charge on any atom is 0.335 e. The van der Waals surface area contributed by atoms with E-state index < -0.39 is 11.6 Å². The zero-order chi connectivity index (χ0) is 25.7. The third-order valence-electron chi connectivity index (χ3n) is 6.83. The Bertz CT molecular complexity index is 1520. The van der Waals surface area contributed by atoms with Crippen LogP contribution in [0.5, 0.6) is 17.4 Å². The molecule has 6 rings (SSSR count). The SMILES string of the molecule is Cc1cccc(Cl)c1-c1noc(C2(O)CC2)c1COc1ccc2c(n1)CCc1ccc(C(=O)O)cc1O2.